The zero-order valence-electron chi connectivity index (χ0n) is 4.26. The van der Waals surface area contributed by atoms with E-state index in [2.05, 4.69) is 4.98 Å². The summed E-state index contributed by atoms with van der Waals surface area (Å²) in [4.78, 5) is 2.67. The van der Waals surface area contributed by atoms with Crippen molar-refractivity contribution >= 4 is 5.69 Å². The Kier molecular flexibility index (Phi) is 1.04. The van der Waals surface area contributed by atoms with Crippen LogP contribution in [0.5, 0.6) is 5.75 Å². The molecule has 0 aromatic carbocycles. The Morgan fingerprint density at radius 3 is 2.75 bits per heavy atom. The topological polar surface area (TPSA) is 60.4 Å². The van der Waals surface area contributed by atoms with Crippen LogP contribution in [0.3, 0.4) is 0 Å². The number of pyridine rings is 1. The maximum atomic E-state index is 8.76. The minimum absolute atomic E-state index is 0.0903. The van der Waals surface area contributed by atoms with Crippen molar-refractivity contribution in [2.24, 2.45) is 0 Å². The number of H-pyrrole nitrogens is 1. The van der Waals surface area contributed by atoms with E-state index in [1.54, 1.807) is 12.3 Å². The number of hydrogen-bond acceptors (Lipinski definition) is 2. The lowest BCUT2D eigenvalue weighted by molar-refractivity contribution is -0.378. The molecule has 3 nitrogen and oxygen atoms in total. The number of aromatic hydroxyl groups is 1. The second-order valence-corrected chi connectivity index (χ2v) is 1.48. The molecule has 0 unspecified atom stereocenters. The molecule has 0 aliphatic carbocycles. The molecule has 0 fully saturated rings. The Hall–Kier alpha value is -1.25. The summed E-state index contributed by atoms with van der Waals surface area (Å²) in [5, 5.41) is 8.76. The van der Waals surface area contributed by atoms with E-state index in [1.165, 1.54) is 6.20 Å². The van der Waals surface area contributed by atoms with E-state index in [9.17, 15) is 0 Å². The molecule has 0 atom stereocenters. The lowest BCUT2D eigenvalue weighted by Crippen LogP contribution is -1.99. The van der Waals surface area contributed by atoms with Crippen LogP contribution in [0.15, 0.2) is 18.5 Å². The normalized spacial score (nSPS) is 9.00. The van der Waals surface area contributed by atoms with Crippen molar-refractivity contribution in [3.8, 4) is 5.75 Å². The van der Waals surface area contributed by atoms with Crippen molar-refractivity contribution in [3.05, 3.63) is 18.5 Å². The van der Waals surface area contributed by atoms with Gasteiger partial charge in [-0.1, -0.05) is 0 Å². The quantitative estimate of drug-likeness (QED) is 0.486. The molecule has 42 valence electrons. The maximum Gasteiger partial charge on any atom is 0.211 e. The molecule has 1 aromatic heterocycles. The average Bonchev–Trinajstić information content (AvgIpc) is 1.77. The summed E-state index contributed by atoms with van der Waals surface area (Å²) >= 11 is 0. The molecule has 0 bridgehead atoms. The van der Waals surface area contributed by atoms with Gasteiger partial charge in [-0.15, -0.1) is 0 Å². The highest BCUT2D eigenvalue weighted by atomic mass is 16.3. The van der Waals surface area contributed by atoms with Crippen LogP contribution in [-0.2, 0) is 0 Å². The fourth-order valence-corrected chi connectivity index (χ4v) is 0.434. The second-order valence-electron chi connectivity index (χ2n) is 1.48. The standard InChI is InChI=1S/C5H6N2O/c6-4-1-2-7-3-5(4)8/h1-3,8H,(H2,6,7)/p+1. The summed E-state index contributed by atoms with van der Waals surface area (Å²) < 4.78 is 0. The maximum absolute atomic E-state index is 8.76. The summed E-state index contributed by atoms with van der Waals surface area (Å²) in [6.45, 7) is 0. The lowest BCUT2D eigenvalue weighted by Gasteiger charge is -1.87. The fourth-order valence-electron chi connectivity index (χ4n) is 0.434. The van der Waals surface area contributed by atoms with Crippen molar-refractivity contribution in [2.75, 3.05) is 5.73 Å². The molecule has 1 rings (SSSR count). The number of nitrogen functional groups attached to an aromatic ring is 1. The largest absolute Gasteiger partial charge is 0.501 e. The highest BCUT2D eigenvalue weighted by Crippen LogP contribution is 2.12. The summed E-state index contributed by atoms with van der Waals surface area (Å²) in [7, 11) is 0. The third-order valence-electron chi connectivity index (χ3n) is 0.875. The van der Waals surface area contributed by atoms with Gasteiger partial charge in [-0.05, 0) is 0 Å². The van der Waals surface area contributed by atoms with Crippen LogP contribution in [-0.4, -0.2) is 5.11 Å². The first-order valence-corrected chi connectivity index (χ1v) is 2.25. The van der Waals surface area contributed by atoms with Gasteiger partial charge in [0.2, 0.25) is 11.9 Å². The first kappa shape index (κ1) is 4.90. The second kappa shape index (κ2) is 1.69. The van der Waals surface area contributed by atoms with E-state index >= 15 is 0 Å². The van der Waals surface area contributed by atoms with Gasteiger partial charge in [0.25, 0.3) is 0 Å². The van der Waals surface area contributed by atoms with Gasteiger partial charge in [-0.3, -0.25) is 0 Å². The van der Waals surface area contributed by atoms with Crippen molar-refractivity contribution in [1.29, 1.82) is 0 Å². The summed E-state index contributed by atoms with van der Waals surface area (Å²) in [6, 6.07) is 1.59. The summed E-state index contributed by atoms with van der Waals surface area (Å²) in [5.41, 5.74) is 5.64. The van der Waals surface area contributed by atoms with Gasteiger partial charge < -0.3 is 10.8 Å². The molecule has 1 aromatic rings. The predicted octanol–water partition coefficient (Wildman–Crippen LogP) is -0.212. The molecule has 1 heterocycles. The van der Waals surface area contributed by atoms with Crippen LogP contribution in [0, 0.1) is 0 Å². The smallest absolute Gasteiger partial charge is 0.211 e. The molecule has 4 N–H and O–H groups in total. The van der Waals surface area contributed by atoms with E-state index in [0.717, 1.165) is 0 Å². The molecular weight excluding hydrogens is 104 g/mol. The molecule has 8 heavy (non-hydrogen) atoms. The minimum Gasteiger partial charge on any atom is -0.501 e. The molecule has 0 aliphatic rings. The Labute approximate surface area is 46.8 Å². The predicted molar refractivity (Wildman–Crippen MR) is 29.1 cm³/mol. The van der Waals surface area contributed by atoms with Crippen LogP contribution in [0.25, 0.3) is 0 Å². The van der Waals surface area contributed by atoms with Crippen LogP contribution >= 0.6 is 0 Å². The number of rotatable bonds is 0. The van der Waals surface area contributed by atoms with Crippen LogP contribution in [0.2, 0.25) is 0 Å². The molecular formula is C5H7N2O+. The first-order chi connectivity index (χ1) is 3.80. The van der Waals surface area contributed by atoms with E-state index in [-0.39, 0.29) is 5.75 Å². The number of nitrogens with two attached hydrogens (primary N) is 1. The van der Waals surface area contributed by atoms with Crippen LogP contribution in [0.1, 0.15) is 0 Å². The minimum atomic E-state index is 0.0903. The van der Waals surface area contributed by atoms with Crippen LogP contribution in [0.4, 0.5) is 5.69 Å². The van der Waals surface area contributed by atoms with Gasteiger partial charge in [0.15, 0.2) is 6.20 Å². The Bertz CT molecular complexity index is 167. The van der Waals surface area contributed by atoms with Gasteiger partial charge in [0, 0.05) is 6.07 Å². The van der Waals surface area contributed by atoms with E-state index in [4.69, 9.17) is 10.8 Å². The van der Waals surface area contributed by atoms with Crippen molar-refractivity contribution in [2.45, 2.75) is 0 Å². The number of hydrogen-bond donors (Lipinski definition) is 2. The van der Waals surface area contributed by atoms with Crippen molar-refractivity contribution in [3.63, 3.8) is 0 Å². The van der Waals surface area contributed by atoms with E-state index < -0.39 is 0 Å². The molecule has 3 heteroatoms. The Balaban J connectivity index is 3.13. The van der Waals surface area contributed by atoms with Crippen molar-refractivity contribution in [1.82, 2.24) is 0 Å². The lowest BCUT2D eigenvalue weighted by atomic mass is 10.4. The number of anilines is 1. The highest BCUT2D eigenvalue weighted by molar-refractivity contribution is 5.47. The van der Waals surface area contributed by atoms with Gasteiger partial charge in [0.05, 0.1) is 5.69 Å². The van der Waals surface area contributed by atoms with Gasteiger partial charge in [-0.25, -0.2) is 4.98 Å². The average molecular weight is 111 g/mol. The summed E-state index contributed by atoms with van der Waals surface area (Å²) in [5.74, 6) is 0.0903. The number of aromatic amines is 1. The molecule has 0 spiro atoms. The fraction of sp³-hybridized carbons (Fsp3) is 0. The SMILES string of the molecule is Nc1cc[nH+]cc1O. The van der Waals surface area contributed by atoms with Crippen molar-refractivity contribution < 1.29 is 10.1 Å². The molecule has 0 saturated carbocycles. The monoisotopic (exact) mass is 111 g/mol. The van der Waals surface area contributed by atoms with Gasteiger partial charge in [0.1, 0.15) is 0 Å². The Morgan fingerprint density at radius 2 is 2.38 bits per heavy atom. The first-order valence-electron chi connectivity index (χ1n) is 2.25. The van der Waals surface area contributed by atoms with E-state index in [0.29, 0.717) is 5.69 Å². The molecule has 0 saturated heterocycles. The Morgan fingerprint density at radius 1 is 1.62 bits per heavy atom. The van der Waals surface area contributed by atoms with Gasteiger partial charge in [-0.2, -0.15) is 0 Å². The van der Waals surface area contributed by atoms with Gasteiger partial charge >= 0.3 is 0 Å². The molecule has 0 aliphatic heterocycles. The molecule has 0 radical (unpaired) electrons. The number of nitrogens with one attached hydrogen (secondary N) is 1. The highest BCUT2D eigenvalue weighted by Gasteiger charge is 1.94. The number of aromatic nitrogens is 1. The third kappa shape index (κ3) is 0.703. The zero-order chi connectivity index (χ0) is 5.98. The molecule has 0 amide bonds. The summed E-state index contributed by atoms with van der Waals surface area (Å²) in [6.07, 6.45) is 3.07. The van der Waals surface area contributed by atoms with E-state index in [1.807, 2.05) is 0 Å². The zero-order valence-corrected chi connectivity index (χ0v) is 4.26. The third-order valence-corrected chi connectivity index (χ3v) is 0.875. The van der Waals surface area contributed by atoms with Crippen LogP contribution < -0.4 is 10.7 Å².